The lowest BCUT2D eigenvalue weighted by Gasteiger charge is -2.18. The van der Waals surface area contributed by atoms with Gasteiger partial charge in [-0.05, 0) is 41.5 Å². The first-order valence-corrected chi connectivity index (χ1v) is 7.40. The van der Waals surface area contributed by atoms with Crippen LogP contribution in [0.3, 0.4) is 0 Å². The van der Waals surface area contributed by atoms with E-state index in [-0.39, 0.29) is 0 Å². The van der Waals surface area contributed by atoms with Gasteiger partial charge in [-0.2, -0.15) is 0 Å². The topological polar surface area (TPSA) is 0 Å². The summed E-state index contributed by atoms with van der Waals surface area (Å²) in [7, 11) is 0. The van der Waals surface area contributed by atoms with Crippen molar-refractivity contribution in [2.45, 2.75) is 43.4 Å². The van der Waals surface area contributed by atoms with Crippen molar-refractivity contribution in [1.82, 2.24) is 0 Å². The summed E-state index contributed by atoms with van der Waals surface area (Å²) in [4.78, 5) is 0. The van der Waals surface area contributed by atoms with Gasteiger partial charge in [0.1, 0.15) is 0 Å². The highest BCUT2D eigenvalue weighted by molar-refractivity contribution is 6.20. The molecule has 18 heavy (non-hydrogen) atoms. The van der Waals surface area contributed by atoms with Crippen LogP contribution < -0.4 is 0 Å². The fourth-order valence-electron chi connectivity index (χ4n) is 3.19. The average Bonchev–Trinajstić information content (AvgIpc) is 2.63. The van der Waals surface area contributed by atoms with Crippen molar-refractivity contribution in [2.24, 2.45) is 0 Å². The zero-order chi connectivity index (χ0) is 12.4. The van der Waals surface area contributed by atoms with Crippen LogP contribution in [0.15, 0.2) is 42.5 Å². The van der Waals surface area contributed by atoms with E-state index in [1.807, 2.05) is 0 Å². The molecule has 1 heteroatoms. The molecule has 1 aliphatic rings. The van der Waals surface area contributed by atoms with Crippen molar-refractivity contribution in [3.05, 3.63) is 48.0 Å². The second kappa shape index (κ2) is 5.32. The van der Waals surface area contributed by atoms with Gasteiger partial charge < -0.3 is 0 Å². The number of benzene rings is 2. The van der Waals surface area contributed by atoms with Crippen molar-refractivity contribution >= 4 is 22.4 Å². The lowest BCUT2D eigenvalue weighted by molar-refractivity contribution is 0.599. The van der Waals surface area contributed by atoms with Gasteiger partial charge in [-0.3, -0.25) is 0 Å². The molecule has 1 fully saturated rings. The molecular weight excluding hydrogens is 240 g/mol. The van der Waals surface area contributed by atoms with E-state index in [9.17, 15) is 0 Å². The number of halogens is 1. The molecule has 0 aromatic heterocycles. The molecule has 1 aliphatic carbocycles. The van der Waals surface area contributed by atoms with Crippen molar-refractivity contribution in [2.75, 3.05) is 0 Å². The highest BCUT2D eigenvalue weighted by Gasteiger charge is 2.21. The maximum atomic E-state index is 6.42. The zero-order valence-electron chi connectivity index (χ0n) is 10.6. The summed E-state index contributed by atoms with van der Waals surface area (Å²) in [5.74, 6) is 0.640. The largest absolute Gasteiger partial charge is 0.123 e. The van der Waals surface area contributed by atoms with E-state index in [1.165, 1.54) is 42.0 Å². The maximum absolute atomic E-state index is 6.42. The standard InChI is InChI=1S/C17H19Cl/c18-15-9-3-1-7-14(12-15)17-11-5-8-13-6-2-4-10-16(13)17/h2,4-6,8,10-11,14-15H,1,3,7,9,12H2. The molecule has 0 amide bonds. The summed E-state index contributed by atoms with van der Waals surface area (Å²) in [6.07, 6.45) is 6.21. The predicted molar refractivity (Wildman–Crippen MR) is 79.4 cm³/mol. The molecule has 0 aliphatic heterocycles. The van der Waals surface area contributed by atoms with Crippen molar-refractivity contribution in [3.8, 4) is 0 Å². The lowest BCUT2D eigenvalue weighted by Crippen LogP contribution is -2.04. The Labute approximate surface area is 114 Å². The van der Waals surface area contributed by atoms with Crippen LogP contribution in [0.25, 0.3) is 10.8 Å². The zero-order valence-corrected chi connectivity index (χ0v) is 11.4. The van der Waals surface area contributed by atoms with Gasteiger partial charge >= 0.3 is 0 Å². The van der Waals surface area contributed by atoms with E-state index in [1.54, 1.807) is 0 Å². The Morgan fingerprint density at radius 2 is 1.67 bits per heavy atom. The number of alkyl halides is 1. The third kappa shape index (κ3) is 2.40. The normalized spacial score (nSPS) is 24.9. The van der Waals surface area contributed by atoms with E-state index in [2.05, 4.69) is 42.5 Å². The van der Waals surface area contributed by atoms with Gasteiger partial charge in [0, 0.05) is 5.38 Å². The molecule has 2 atom stereocenters. The van der Waals surface area contributed by atoms with Gasteiger partial charge in [-0.25, -0.2) is 0 Å². The summed E-state index contributed by atoms with van der Waals surface area (Å²) in [6.45, 7) is 0. The van der Waals surface area contributed by atoms with Crippen molar-refractivity contribution in [1.29, 1.82) is 0 Å². The van der Waals surface area contributed by atoms with Gasteiger partial charge in [0.25, 0.3) is 0 Å². The van der Waals surface area contributed by atoms with Gasteiger partial charge in [0.05, 0.1) is 0 Å². The van der Waals surface area contributed by atoms with Crippen LogP contribution in [0.4, 0.5) is 0 Å². The second-order valence-corrected chi connectivity index (χ2v) is 6.00. The molecule has 0 nitrogen and oxygen atoms in total. The highest BCUT2D eigenvalue weighted by Crippen LogP contribution is 2.37. The smallest absolute Gasteiger partial charge is 0.0341 e. The van der Waals surface area contributed by atoms with Crippen LogP contribution in [0, 0.1) is 0 Å². The molecular formula is C17H19Cl. The fourth-order valence-corrected chi connectivity index (χ4v) is 3.56. The molecule has 0 radical (unpaired) electrons. The number of rotatable bonds is 1. The minimum atomic E-state index is 0.358. The second-order valence-electron chi connectivity index (χ2n) is 5.38. The monoisotopic (exact) mass is 258 g/mol. The highest BCUT2D eigenvalue weighted by atomic mass is 35.5. The van der Waals surface area contributed by atoms with Crippen LogP contribution in [0.1, 0.15) is 43.6 Å². The minimum Gasteiger partial charge on any atom is -0.123 e. The van der Waals surface area contributed by atoms with Gasteiger partial charge in [0.15, 0.2) is 0 Å². The summed E-state index contributed by atoms with van der Waals surface area (Å²) < 4.78 is 0. The van der Waals surface area contributed by atoms with Crippen molar-refractivity contribution < 1.29 is 0 Å². The molecule has 0 spiro atoms. The first-order valence-electron chi connectivity index (χ1n) is 6.96. The third-order valence-electron chi connectivity index (χ3n) is 4.12. The molecule has 94 valence electrons. The molecule has 1 saturated carbocycles. The Morgan fingerprint density at radius 3 is 2.61 bits per heavy atom. The molecule has 0 N–H and O–H groups in total. The molecule has 2 unspecified atom stereocenters. The van der Waals surface area contributed by atoms with Crippen LogP contribution >= 0.6 is 11.6 Å². The first kappa shape index (κ1) is 12.0. The Morgan fingerprint density at radius 1 is 0.889 bits per heavy atom. The molecule has 2 aromatic rings. The van der Waals surface area contributed by atoms with Crippen LogP contribution in [-0.4, -0.2) is 5.38 Å². The van der Waals surface area contributed by atoms with E-state index >= 15 is 0 Å². The van der Waals surface area contributed by atoms with E-state index in [0.29, 0.717) is 11.3 Å². The quantitative estimate of drug-likeness (QED) is 0.468. The minimum absolute atomic E-state index is 0.358. The van der Waals surface area contributed by atoms with Crippen LogP contribution in [0.2, 0.25) is 0 Å². The number of hydrogen-bond donors (Lipinski definition) is 0. The molecule has 3 rings (SSSR count). The average molecular weight is 259 g/mol. The summed E-state index contributed by atoms with van der Waals surface area (Å²) in [5.41, 5.74) is 1.50. The summed E-state index contributed by atoms with van der Waals surface area (Å²) >= 11 is 6.42. The Hall–Kier alpha value is -1.01. The fraction of sp³-hybridized carbons (Fsp3) is 0.412. The maximum Gasteiger partial charge on any atom is 0.0341 e. The first-order chi connectivity index (χ1) is 8.84. The number of fused-ring (bicyclic) bond motifs is 1. The van der Waals surface area contributed by atoms with Gasteiger partial charge in [0.2, 0.25) is 0 Å². The van der Waals surface area contributed by atoms with E-state index < -0.39 is 0 Å². The lowest BCUT2D eigenvalue weighted by atomic mass is 9.88. The molecule has 0 saturated heterocycles. The third-order valence-corrected chi connectivity index (χ3v) is 4.52. The Kier molecular flexibility index (Phi) is 3.56. The Bertz CT molecular complexity index is 527. The molecule has 0 heterocycles. The summed E-state index contributed by atoms with van der Waals surface area (Å²) in [6, 6.07) is 15.4. The number of hydrogen-bond acceptors (Lipinski definition) is 0. The molecule has 0 bridgehead atoms. The van der Waals surface area contributed by atoms with Crippen molar-refractivity contribution in [3.63, 3.8) is 0 Å². The summed E-state index contributed by atoms with van der Waals surface area (Å²) in [5, 5.41) is 3.12. The Balaban J connectivity index is 2.02. The van der Waals surface area contributed by atoms with Crippen LogP contribution in [0.5, 0.6) is 0 Å². The predicted octanol–water partition coefficient (Wildman–Crippen LogP) is 5.49. The van der Waals surface area contributed by atoms with E-state index in [4.69, 9.17) is 11.6 Å². The van der Waals surface area contributed by atoms with Gasteiger partial charge in [-0.15, -0.1) is 11.6 Å². The SMILES string of the molecule is ClC1CCCCC(c2cccc3ccccc23)C1. The van der Waals surface area contributed by atoms with Gasteiger partial charge in [-0.1, -0.05) is 55.3 Å². The van der Waals surface area contributed by atoms with E-state index in [0.717, 1.165) is 6.42 Å². The molecule has 2 aromatic carbocycles. The van der Waals surface area contributed by atoms with Crippen LogP contribution in [-0.2, 0) is 0 Å².